The molecule has 2 amide bonds. The summed E-state index contributed by atoms with van der Waals surface area (Å²) in [4.78, 5) is 28.0. The van der Waals surface area contributed by atoms with Crippen LogP contribution >= 0.6 is 0 Å². The molecule has 7 heteroatoms. The van der Waals surface area contributed by atoms with Crippen molar-refractivity contribution < 1.29 is 18.7 Å². The Kier molecular flexibility index (Phi) is 6.60. The smallest absolute Gasteiger partial charge is 0.249 e. The fraction of sp³-hybridized carbons (Fsp3) is 0.308. The second-order valence-corrected chi connectivity index (χ2v) is 8.24. The lowest BCUT2D eigenvalue weighted by atomic mass is 10.0. The molecule has 0 saturated heterocycles. The number of nitrogens with one attached hydrogen (secondary N) is 2. The summed E-state index contributed by atoms with van der Waals surface area (Å²) in [6.45, 7) is 1.94. The SMILES string of the molecule is CNC(C)C(=O)NC1CCc2ccccc2N(Cc2c(OC)ccc3c(F)cccc23)C1=O. The Morgan fingerprint density at radius 2 is 1.94 bits per heavy atom. The van der Waals surface area contributed by atoms with Gasteiger partial charge in [0, 0.05) is 16.6 Å². The number of aryl methyl sites for hydroxylation is 1. The molecule has 6 nitrogen and oxygen atoms in total. The van der Waals surface area contributed by atoms with Crippen molar-refractivity contribution in [1.29, 1.82) is 0 Å². The summed E-state index contributed by atoms with van der Waals surface area (Å²) in [6, 6.07) is 15.0. The van der Waals surface area contributed by atoms with Crippen LogP contribution in [0.3, 0.4) is 0 Å². The number of methoxy groups -OCH3 is 1. The van der Waals surface area contributed by atoms with Crippen LogP contribution in [-0.2, 0) is 22.6 Å². The molecule has 33 heavy (non-hydrogen) atoms. The van der Waals surface area contributed by atoms with E-state index in [2.05, 4.69) is 10.6 Å². The number of carbonyl (C=O) groups excluding carboxylic acids is 2. The fourth-order valence-electron chi connectivity index (χ4n) is 4.31. The molecular weight excluding hydrogens is 421 g/mol. The van der Waals surface area contributed by atoms with Crippen molar-refractivity contribution in [1.82, 2.24) is 10.6 Å². The highest BCUT2D eigenvalue weighted by Gasteiger charge is 2.33. The number of carbonyl (C=O) groups is 2. The van der Waals surface area contributed by atoms with Crippen molar-refractivity contribution in [2.24, 2.45) is 0 Å². The lowest BCUT2D eigenvalue weighted by Crippen LogP contribution is -2.52. The number of fused-ring (bicyclic) bond motifs is 2. The number of amides is 2. The minimum atomic E-state index is -0.668. The summed E-state index contributed by atoms with van der Waals surface area (Å²) >= 11 is 0. The van der Waals surface area contributed by atoms with Crippen LogP contribution in [0.4, 0.5) is 10.1 Å². The second kappa shape index (κ2) is 9.58. The Hall–Kier alpha value is -3.45. The number of halogens is 1. The number of likely N-dealkylation sites (N-methyl/N-ethyl adjacent to an activating group) is 1. The van der Waals surface area contributed by atoms with Gasteiger partial charge >= 0.3 is 0 Å². The highest BCUT2D eigenvalue weighted by molar-refractivity contribution is 6.01. The van der Waals surface area contributed by atoms with Gasteiger partial charge in [-0.2, -0.15) is 0 Å². The molecular formula is C26H28FN3O3. The predicted octanol–water partition coefficient (Wildman–Crippen LogP) is 3.56. The first-order valence-electron chi connectivity index (χ1n) is 11.1. The van der Waals surface area contributed by atoms with E-state index in [-0.39, 0.29) is 24.2 Å². The summed E-state index contributed by atoms with van der Waals surface area (Å²) in [7, 11) is 3.26. The zero-order chi connectivity index (χ0) is 23.5. The first-order chi connectivity index (χ1) is 15.9. The van der Waals surface area contributed by atoms with Gasteiger partial charge in [-0.05, 0) is 62.0 Å². The van der Waals surface area contributed by atoms with Gasteiger partial charge < -0.3 is 20.3 Å². The third-order valence-corrected chi connectivity index (χ3v) is 6.30. The van der Waals surface area contributed by atoms with Gasteiger partial charge in [0.05, 0.1) is 19.7 Å². The van der Waals surface area contributed by atoms with Gasteiger partial charge in [-0.15, -0.1) is 0 Å². The standard InChI is InChI=1S/C26H28FN3O3/c1-16(28-2)25(31)29-22-13-11-17-7-4-5-10-23(17)30(26(22)32)15-20-18-8-6-9-21(27)19(18)12-14-24(20)33-3/h4-10,12,14,16,22,28H,11,13,15H2,1-3H3,(H,29,31). The van der Waals surface area contributed by atoms with Gasteiger partial charge in [0.15, 0.2) is 0 Å². The van der Waals surface area contributed by atoms with Gasteiger partial charge in [-0.25, -0.2) is 4.39 Å². The Bertz CT molecular complexity index is 1200. The molecule has 3 aromatic carbocycles. The van der Waals surface area contributed by atoms with Crippen molar-refractivity contribution in [3.63, 3.8) is 0 Å². The molecule has 0 saturated carbocycles. The Balaban J connectivity index is 1.78. The first-order valence-corrected chi connectivity index (χ1v) is 11.1. The van der Waals surface area contributed by atoms with E-state index in [9.17, 15) is 14.0 Å². The first kappa shape index (κ1) is 22.7. The predicted molar refractivity (Wildman–Crippen MR) is 127 cm³/mol. The Labute approximate surface area is 192 Å². The highest BCUT2D eigenvalue weighted by Crippen LogP contribution is 2.34. The monoisotopic (exact) mass is 449 g/mol. The zero-order valence-corrected chi connectivity index (χ0v) is 19.0. The number of hydrogen-bond acceptors (Lipinski definition) is 4. The van der Waals surface area contributed by atoms with Crippen LogP contribution in [-0.4, -0.2) is 38.1 Å². The maximum atomic E-state index is 14.5. The Morgan fingerprint density at radius 1 is 1.15 bits per heavy atom. The molecule has 0 spiro atoms. The number of hydrogen-bond donors (Lipinski definition) is 2. The molecule has 2 unspecified atom stereocenters. The average Bonchev–Trinajstić information content (AvgIpc) is 2.96. The molecule has 2 atom stereocenters. The van der Waals surface area contributed by atoms with E-state index in [0.29, 0.717) is 34.9 Å². The van der Waals surface area contributed by atoms with Crippen LogP contribution in [0.25, 0.3) is 10.8 Å². The Morgan fingerprint density at radius 3 is 2.70 bits per heavy atom. The van der Waals surface area contributed by atoms with Crippen LogP contribution < -0.4 is 20.3 Å². The van der Waals surface area contributed by atoms with E-state index in [1.807, 2.05) is 30.3 Å². The van der Waals surface area contributed by atoms with Crippen LogP contribution in [0.15, 0.2) is 54.6 Å². The molecule has 0 aliphatic carbocycles. The quantitative estimate of drug-likeness (QED) is 0.604. The van der Waals surface area contributed by atoms with Crippen LogP contribution in [0, 0.1) is 5.82 Å². The lowest BCUT2D eigenvalue weighted by molar-refractivity contribution is -0.128. The van der Waals surface area contributed by atoms with Crippen LogP contribution in [0.1, 0.15) is 24.5 Å². The van der Waals surface area contributed by atoms with Gasteiger partial charge in [0.1, 0.15) is 17.6 Å². The third-order valence-electron chi connectivity index (χ3n) is 6.30. The number of benzene rings is 3. The number of anilines is 1. The van der Waals surface area contributed by atoms with E-state index >= 15 is 0 Å². The number of ether oxygens (including phenoxy) is 1. The topological polar surface area (TPSA) is 70.7 Å². The summed E-state index contributed by atoms with van der Waals surface area (Å²) in [5.74, 6) is -0.184. The second-order valence-electron chi connectivity index (χ2n) is 8.24. The summed E-state index contributed by atoms with van der Waals surface area (Å²) < 4.78 is 20.1. The lowest BCUT2D eigenvalue weighted by Gasteiger charge is -2.28. The highest BCUT2D eigenvalue weighted by atomic mass is 19.1. The minimum absolute atomic E-state index is 0.188. The van der Waals surface area contributed by atoms with Crippen molar-refractivity contribution in [3.05, 3.63) is 71.5 Å². The van der Waals surface area contributed by atoms with E-state index < -0.39 is 12.1 Å². The van der Waals surface area contributed by atoms with Crippen molar-refractivity contribution in [2.75, 3.05) is 19.1 Å². The molecule has 1 aliphatic heterocycles. The number of nitrogens with zero attached hydrogens (tertiary/aromatic N) is 1. The van der Waals surface area contributed by atoms with Gasteiger partial charge in [0.25, 0.3) is 0 Å². The maximum Gasteiger partial charge on any atom is 0.249 e. The van der Waals surface area contributed by atoms with Gasteiger partial charge in [-0.1, -0.05) is 30.3 Å². The van der Waals surface area contributed by atoms with Crippen molar-refractivity contribution >= 4 is 28.3 Å². The minimum Gasteiger partial charge on any atom is -0.496 e. The van der Waals surface area contributed by atoms with E-state index in [1.165, 1.54) is 6.07 Å². The average molecular weight is 450 g/mol. The van der Waals surface area contributed by atoms with Crippen LogP contribution in [0.5, 0.6) is 5.75 Å². The molecule has 1 heterocycles. The van der Waals surface area contributed by atoms with Crippen molar-refractivity contribution in [2.45, 2.75) is 38.4 Å². The normalized spacial score (nSPS) is 16.8. The number of rotatable bonds is 6. The molecule has 4 rings (SSSR count). The molecule has 0 radical (unpaired) electrons. The van der Waals surface area contributed by atoms with Crippen LogP contribution in [0.2, 0.25) is 0 Å². The summed E-state index contributed by atoms with van der Waals surface area (Å²) in [6.07, 6.45) is 1.15. The molecule has 0 fully saturated rings. The molecule has 172 valence electrons. The summed E-state index contributed by atoms with van der Waals surface area (Å²) in [5, 5.41) is 6.96. The maximum absolute atomic E-state index is 14.5. The summed E-state index contributed by atoms with van der Waals surface area (Å²) in [5.41, 5.74) is 2.53. The van der Waals surface area contributed by atoms with Gasteiger partial charge in [-0.3, -0.25) is 9.59 Å². The van der Waals surface area contributed by atoms with E-state index in [4.69, 9.17) is 4.74 Å². The molecule has 1 aliphatic rings. The van der Waals surface area contributed by atoms with E-state index in [0.717, 1.165) is 11.3 Å². The molecule has 0 aromatic heterocycles. The molecule has 0 bridgehead atoms. The van der Waals surface area contributed by atoms with E-state index in [1.54, 1.807) is 44.2 Å². The molecule has 2 N–H and O–H groups in total. The largest absolute Gasteiger partial charge is 0.496 e. The van der Waals surface area contributed by atoms with Crippen molar-refractivity contribution in [3.8, 4) is 5.75 Å². The number of para-hydroxylation sites is 1. The fourth-order valence-corrected chi connectivity index (χ4v) is 4.31. The van der Waals surface area contributed by atoms with Gasteiger partial charge in [0.2, 0.25) is 11.8 Å². The zero-order valence-electron chi connectivity index (χ0n) is 19.0. The third kappa shape index (κ3) is 4.41. The molecule has 3 aromatic rings.